The van der Waals surface area contributed by atoms with E-state index in [1.807, 2.05) is 0 Å². The number of nitrogen functional groups attached to an aromatic ring is 1. The van der Waals surface area contributed by atoms with Gasteiger partial charge < -0.3 is 30.5 Å². The number of carbonyl (C=O) groups excluding carboxylic acids is 4. The second-order valence-corrected chi connectivity index (χ2v) is 9.82. The number of hydrogen-bond acceptors (Lipinski definition) is 13. The molecule has 0 spiro atoms. The van der Waals surface area contributed by atoms with Crippen LogP contribution in [0.4, 0.5) is 5.13 Å². The van der Waals surface area contributed by atoms with E-state index < -0.39 is 35.2 Å². The van der Waals surface area contributed by atoms with E-state index in [1.165, 1.54) is 23.1 Å². The standard InChI is InChI=1S/C18H17N5O7S3.Na/c19-18-21-9(6-33-18)4-30-20-3-11(24)22-12-14(25)23-13(16(26)27)10(7-32-15(12)23)31-5-8-1-2-29-17(8)28;/h1,3,6,12,15H,2,4-5,7H2,(H2,19,21)(H,22,24)(H,26,27);/q;+1/p-1/b20-3-;/t12-,15-;/m1./s1. The number of nitrogens with two attached hydrogens (primary N) is 1. The molecule has 3 aliphatic heterocycles. The number of nitrogens with one attached hydrogen (secondary N) is 1. The fourth-order valence-electron chi connectivity index (χ4n) is 3.14. The molecule has 1 aromatic rings. The summed E-state index contributed by atoms with van der Waals surface area (Å²) < 4.78 is 4.83. The first-order valence-electron chi connectivity index (χ1n) is 9.39. The summed E-state index contributed by atoms with van der Waals surface area (Å²) in [5, 5.41) is 19.3. The molecule has 16 heteroatoms. The van der Waals surface area contributed by atoms with Gasteiger partial charge in [-0.15, -0.1) is 34.9 Å². The molecule has 34 heavy (non-hydrogen) atoms. The number of β-lactam (4-membered cyclic amide) rings is 1. The molecule has 0 bridgehead atoms. The van der Waals surface area contributed by atoms with Crippen LogP contribution in [0.15, 0.2) is 32.8 Å². The van der Waals surface area contributed by atoms with Gasteiger partial charge in [-0.3, -0.25) is 14.5 Å². The second-order valence-electron chi connectivity index (χ2n) is 6.76. The Labute approximate surface area is 227 Å². The number of carboxylic acids is 1. The first-order chi connectivity index (χ1) is 15.8. The zero-order chi connectivity index (χ0) is 23.5. The summed E-state index contributed by atoms with van der Waals surface area (Å²) in [6.45, 7) is 0.221. The minimum atomic E-state index is -1.50. The van der Waals surface area contributed by atoms with Crippen LogP contribution in [0.5, 0.6) is 0 Å². The van der Waals surface area contributed by atoms with E-state index in [9.17, 15) is 24.3 Å². The van der Waals surface area contributed by atoms with Crippen molar-refractivity contribution >= 4 is 70.0 Å². The van der Waals surface area contributed by atoms with Crippen LogP contribution in [0.3, 0.4) is 0 Å². The SMILES string of the molecule is Nc1nc(CO/N=C\C(=O)N[C@@H]2C(=O)N3C(C(=O)[O-])=C(SCC4=CCOC4=O)CS[C@H]23)cs1.[Na+]. The third-order valence-corrected chi connectivity index (χ3v) is 7.99. The molecule has 3 N–H and O–H groups in total. The maximum atomic E-state index is 12.6. The average molecular weight is 534 g/mol. The van der Waals surface area contributed by atoms with Crippen molar-refractivity contribution in [2.75, 3.05) is 23.8 Å². The number of anilines is 1. The molecule has 0 saturated carbocycles. The van der Waals surface area contributed by atoms with Gasteiger partial charge in [0, 0.05) is 27.4 Å². The van der Waals surface area contributed by atoms with Crippen LogP contribution in [0.1, 0.15) is 5.69 Å². The van der Waals surface area contributed by atoms with Crippen LogP contribution in [-0.2, 0) is 35.4 Å². The van der Waals surface area contributed by atoms with Gasteiger partial charge >= 0.3 is 35.5 Å². The number of aliphatic carboxylic acids is 1. The van der Waals surface area contributed by atoms with Gasteiger partial charge in [-0.2, -0.15) is 0 Å². The second kappa shape index (κ2) is 11.6. The van der Waals surface area contributed by atoms with Crippen LogP contribution in [-0.4, -0.2) is 69.4 Å². The Kier molecular flexibility index (Phi) is 9.06. The van der Waals surface area contributed by atoms with Crippen molar-refractivity contribution in [3.8, 4) is 0 Å². The summed E-state index contributed by atoms with van der Waals surface area (Å²) in [7, 11) is 0. The topological polar surface area (TPSA) is 176 Å². The predicted molar refractivity (Wildman–Crippen MR) is 118 cm³/mol. The molecule has 1 aromatic heterocycles. The van der Waals surface area contributed by atoms with Gasteiger partial charge in [-0.25, -0.2) is 9.78 Å². The largest absolute Gasteiger partial charge is 1.00 e. The monoisotopic (exact) mass is 533 g/mol. The molecular weight excluding hydrogens is 517 g/mol. The maximum Gasteiger partial charge on any atom is 1.00 e. The van der Waals surface area contributed by atoms with Crippen molar-refractivity contribution in [1.29, 1.82) is 0 Å². The summed E-state index contributed by atoms with van der Waals surface area (Å²) in [5.74, 6) is -2.68. The third-order valence-electron chi connectivity index (χ3n) is 4.66. The van der Waals surface area contributed by atoms with Crippen molar-refractivity contribution < 1.29 is 63.4 Å². The van der Waals surface area contributed by atoms with Gasteiger partial charge in [0.2, 0.25) is 0 Å². The number of oxime groups is 1. The number of hydrogen-bond donors (Lipinski definition) is 2. The van der Waals surface area contributed by atoms with Crippen molar-refractivity contribution in [2.24, 2.45) is 5.16 Å². The predicted octanol–water partition coefficient (Wildman–Crippen LogP) is -4.19. The number of carboxylic acid groups (broad SMARTS) is 1. The first-order valence-corrected chi connectivity index (χ1v) is 12.3. The molecule has 174 valence electrons. The number of amides is 2. The molecule has 0 unspecified atom stereocenters. The summed E-state index contributed by atoms with van der Waals surface area (Å²) in [6.07, 6.45) is 2.51. The van der Waals surface area contributed by atoms with Crippen LogP contribution in [0, 0.1) is 0 Å². The van der Waals surface area contributed by atoms with Crippen molar-refractivity contribution in [3.63, 3.8) is 0 Å². The molecule has 0 aliphatic carbocycles. The van der Waals surface area contributed by atoms with E-state index in [0.717, 1.165) is 22.9 Å². The first kappa shape index (κ1) is 26.6. The minimum absolute atomic E-state index is 0. The molecule has 0 aromatic carbocycles. The number of thioether (sulfide) groups is 2. The van der Waals surface area contributed by atoms with Gasteiger partial charge in [0.1, 0.15) is 24.2 Å². The Hall–Kier alpha value is -2.04. The Balaban J connectivity index is 0.00000324. The van der Waals surface area contributed by atoms with Crippen LogP contribution in [0.2, 0.25) is 0 Å². The fraction of sp³-hybridized carbons (Fsp3) is 0.333. The quantitative estimate of drug-likeness (QED) is 0.103. The van der Waals surface area contributed by atoms with E-state index in [0.29, 0.717) is 21.3 Å². The van der Waals surface area contributed by atoms with Crippen LogP contribution in [0.25, 0.3) is 0 Å². The molecule has 1 saturated heterocycles. The van der Waals surface area contributed by atoms with Gasteiger partial charge in [-0.05, 0) is 6.08 Å². The molecule has 1 fully saturated rings. The number of rotatable bonds is 9. The molecule has 0 radical (unpaired) electrons. The Morgan fingerprint density at radius 2 is 2.26 bits per heavy atom. The van der Waals surface area contributed by atoms with E-state index in [-0.39, 0.29) is 60.0 Å². The summed E-state index contributed by atoms with van der Waals surface area (Å²) in [6, 6.07) is -0.916. The van der Waals surface area contributed by atoms with E-state index in [4.69, 9.17) is 15.3 Å². The Morgan fingerprint density at radius 1 is 1.47 bits per heavy atom. The van der Waals surface area contributed by atoms with E-state index in [1.54, 1.807) is 11.5 Å². The molecular formula is C18H16N5NaO7S3. The average Bonchev–Trinajstić information content (AvgIpc) is 3.40. The van der Waals surface area contributed by atoms with Gasteiger partial charge in [0.05, 0.1) is 17.4 Å². The molecule has 4 heterocycles. The summed E-state index contributed by atoms with van der Waals surface area (Å²) in [5.41, 5.74) is 6.27. The van der Waals surface area contributed by atoms with E-state index in [2.05, 4.69) is 15.5 Å². The zero-order valence-corrected chi connectivity index (χ0v) is 22.2. The van der Waals surface area contributed by atoms with Crippen molar-refractivity contribution in [3.05, 3.63) is 33.3 Å². The number of nitrogens with zero attached hydrogens (tertiary/aromatic N) is 3. The Bertz CT molecular complexity index is 1110. The third kappa shape index (κ3) is 5.78. The fourth-order valence-corrected chi connectivity index (χ4v) is 6.30. The Morgan fingerprint density at radius 3 is 2.91 bits per heavy atom. The van der Waals surface area contributed by atoms with Crippen molar-refractivity contribution in [1.82, 2.24) is 15.2 Å². The molecule has 2 atom stereocenters. The van der Waals surface area contributed by atoms with Crippen LogP contribution >= 0.6 is 34.9 Å². The molecule has 2 amide bonds. The zero-order valence-electron chi connectivity index (χ0n) is 17.7. The number of fused-ring (bicyclic) bond motifs is 1. The minimum Gasteiger partial charge on any atom is -0.543 e. The molecule has 4 rings (SSSR count). The number of cyclic esters (lactones) is 1. The molecule has 3 aliphatic rings. The normalized spacial score (nSPS) is 21.4. The van der Waals surface area contributed by atoms with Gasteiger partial charge in [0.15, 0.2) is 11.7 Å². The number of ether oxygens (including phenoxy) is 1. The smallest absolute Gasteiger partial charge is 0.543 e. The number of thiazole rings is 1. The van der Waals surface area contributed by atoms with Crippen LogP contribution < -0.4 is 45.7 Å². The summed E-state index contributed by atoms with van der Waals surface area (Å²) >= 11 is 3.69. The van der Waals surface area contributed by atoms with Gasteiger partial charge in [-0.1, -0.05) is 5.16 Å². The van der Waals surface area contributed by atoms with E-state index >= 15 is 0 Å². The number of aromatic nitrogens is 1. The summed E-state index contributed by atoms with van der Waals surface area (Å²) in [4.78, 5) is 58.5. The van der Waals surface area contributed by atoms with Gasteiger partial charge in [0.25, 0.3) is 11.8 Å². The van der Waals surface area contributed by atoms with Crippen molar-refractivity contribution in [2.45, 2.75) is 18.0 Å². The molecule has 12 nitrogen and oxygen atoms in total. The number of esters is 1. The maximum absolute atomic E-state index is 12.6. The number of carbonyl (C=O) groups is 4.